The summed E-state index contributed by atoms with van der Waals surface area (Å²) in [7, 11) is 1.78. The highest BCUT2D eigenvalue weighted by Gasteiger charge is 2.27. The number of nitrogens with one attached hydrogen (secondary N) is 1. The summed E-state index contributed by atoms with van der Waals surface area (Å²) in [4.78, 5) is 31.1. The van der Waals surface area contributed by atoms with E-state index in [1.54, 1.807) is 30.1 Å². The molecule has 0 saturated carbocycles. The third kappa shape index (κ3) is 5.91. The number of carbonyl (C=O) groups is 1. The molecule has 1 saturated heterocycles. The van der Waals surface area contributed by atoms with Gasteiger partial charge in [-0.2, -0.15) is 0 Å². The number of Topliss-reactive ketones (excluding diaryl/α,β-unsaturated/α-hetero) is 1. The van der Waals surface area contributed by atoms with Crippen LogP contribution in [0.25, 0.3) is 11.8 Å². The van der Waals surface area contributed by atoms with Gasteiger partial charge in [-0.3, -0.25) is 24.0 Å². The molecule has 0 radical (unpaired) electrons. The van der Waals surface area contributed by atoms with E-state index in [2.05, 4.69) is 28.2 Å². The summed E-state index contributed by atoms with van der Waals surface area (Å²) in [5.41, 5.74) is 4.45. The van der Waals surface area contributed by atoms with Crippen molar-refractivity contribution in [1.29, 1.82) is 0 Å². The van der Waals surface area contributed by atoms with E-state index in [4.69, 9.17) is 0 Å². The molecule has 1 fully saturated rings. The lowest BCUT2D eigenvalue weighted by atomic mass is 9.87. The Morgan fingerprint density at radius 1 is 1.16 bits per heavy atom. The third-order valence-electron chi connectivity index (χ3n) is 7.34. The van der Waals surface area contributed by atoms with Gasteiger partial charge in [0.1, 0.15) is 11.6 Å². The van der Waals surface area contributed by atoms with E-state index in [0.717, 1.165) is 47.7 Å². The van der Waals surface area contributed by atoms with Gasteiger partial charge in [0.2, 0.25) is 0 Å². The highest BCUT2D eigenvalue weighted by atomic mass is 19.1. The van der Waals surface area contributed by atoms with Gasteiger partial charge in [-0.25, -0.2) is 8.78 Å². The third-order valence-corrected chi connectivity index (χ3v) is 7.34. The lowest BCUT2D eigenvalue weighted by Crippen LogP contribution is -2.34. The van der Waals surface area contributed by atoms with Crippen LogP contribution in [-0.4, -0.2) is 46.9 Å². The summed E-state index contributed by atoms with van der Waals surface area (Å²) in [5, 5.41) is 2.99. The molecule has 0 atom stereocenters. The van der Waals surface area contributed by atoms with E-state index < -0.39 is 11.6 Å². The van der Waals surface area contributed by atoms with Crippen molar-refractivity contribution in [3.8, 4) is 5.69 Å². The van der Waals surface area contributed by atoms with Gasteiger partial charge in [0.25, 0.3) is 5.56 Å². The maximum atomic E-state index is 14.7. The van der Waals surface area contributed by atoms with Crippen LogP contribution in [-0.2, 0) is 0 Å². The number of likely N-dealkylation sites (tertiary alicyclic amines) is 1. The van der Waals surface area contributed by atoms with E-state index in [1.165, 1.54) is 12.5 Å². The zero-order valence-electron chi connectivity index (χ0n) is 22.4. The second-order valence-corrected chi connectivity index (χ2v) is 9.82. The number of hydrogen-bond donors (Lipinski definition) is 1. The number of pyridine rings is 2. The molecule has 3 heterocycles. The SMILES string of the molecule is CC/C(=C\c1c(-n2ccc(NC)cc2=O)ccnc1C)CN1CCC(c2c(F)cc(C(C)=O)cc2F)CC1. The number of carbonyl (C=O) groups excluding carboxylic acids is 1. The fourth-order valence-corrected chi connectivity index (χ4v) is 5.09. The standard InChI is InChI=1S/C30H34F2N4O2/c1-5-21(14-25-19(2)34-10-6-28(25)36-13-9-24(33-4)17-29(36)38)18-35-11-7-22(8-12-35)30-26(31)15-23(20(3)37)16-27(30)32/h6,9-10,13-17,22,33H,5,7-8,11-12,18H2,1-4H3/b21-14+. The van der Waals surface area contributed by atoms with Crippen LogP contribution >= 0.6 is 0 Å². The number of halogens is 2. The van der Waals surface area contributed by atoms with Crippen LogP contribution in [0.4, 0.5) is 14.5 Å². The van der Waals surface area contributed by atoms with Crippen molar-refractivity contribution in [1.82, 2.24) is 14.5 Å². The van der Waals surface area contributed by atoms with Crippen LogP contribution in [0.1, 0.15) is 66.2 Å². The first-order chi connectivity index (χ1) is 18.2. The molecule has 0 unspecified atom stereocenters. The molecule has 1 aromatic carbocycles. The average Bonchev–Trinajstić information content (AvgIpc) is 2.89. The minimum absolute atomic E-state index is 0.0595. The molecule has 1 aliphatic heterocycles. The zero-order chi connectivity index (χ0) is 27.4. The molecule has 1 aliphatic rings. The van der Waals surface area contributed by atoms with Crippen molar-refractivity contribution in [2.75, 3.05) is 32.0 Å². The van der Waals surface area contributed by atoms with E-state index in [9.17, 15) is 18.4 Å². The number of piperidine rings is 1. The Labute approximate surface area is 222 Å². The van der Waals surface area contributed by atoms with Gasteiger partial charge < -0.3 is 5.32 Å². The quantitative estimate of drug-likeness (QED) is 0.384. The molecule has 0 spiro atoms. The molecule has 200 valence electrons. The van der Waals surface area contributed by atoms with Crippen molar-refractivity contribution < 1.29 is 13.6 Å². The van der Waals surface area contributed by atoms with Crippen LogP contribution in [0.15, 0.2) is 53.1 Å². The van der Waals surface area contributed by atoms with Gasteiger partial charge in [0, 0.05) is 60.1 Å². The molecule has 3 aromatic rings. The molecule has 4 rings (SSSR count). The first-order valence-corrected chi connectivity index (χ1v) is 13.0. The van der Waals surface area contributed by atoms with E-state index in [1.807, 2.05) is 19.1 Å². The van der Waals surface area contributed by atoms with Gasteiger partial charge in [0.05, 0.1) is 5.69 Å². The fraction of sp³-hybridized carbons (Fsp3) is 0.367. The number of hydrogen-bond acceptors (Lipinski definition) is 5. The normalized spacial score (nSPS) is 15.1. The van der Waals surface area contributed by atoms with E-state index >= 15 is 0 Å². The highest BCUT2D eigenvalue weighted by molar-refractivity contribution is 5.94. The van der Waals surface area contributed by atoms with Crippen LogP contribution < -0.4 is 10.9 Å². The highest BCUT2D eigenvalue weighted by Crippen LogP contribution is 2.33. The van der Waals surface area contributed by atoms with Crippen LogP contribution in [0.2, 0.25) is 0 Å². The molecule has 2 aromatic heterocycles. The molecule has 0 aliphatic carbocycles. The molecular weight excluding hydrogens is 486 g/mol. The molecule has 1 N–H and O–H groups in total. The van der Waals surface area contributed by atoms with Gasteiger partial charge in [-0.1, -0.05) is 18.6 Å². The second kappa shape index (κ2) is 11.8. The van der Waals surface area contributed by atoms with Gasteiger partial charge in [0.15, 0.2) is 5.78 Å². The van der Waals surface area contributed by atoms with E-state index in [0.29, 0.717) is 25.9 Å². The number of ketones is 1. The van der Waals surface area contributed by atoms with Gasteiger partial charge >= 0.3 is 0 Å². The summed E-state index contributed by atoms with van der Waals surface area (Å²) in [6.45, 7) is 7.47. The number of anilines is 1. The maximum absolute atomic E-state index is 14.7. The lowest BCUT2D eigenvalue weighted by Gasteiger charge is -2.33. The topological polar surface area (TPSA) is 67.2 Å². The summed E-state index contributed by atoms with van der Waals surface area (Å²) in [5.74, 6) is -1.85. The largest absolute Gasteiger partial charge is 0.388 e. The fourth-order valence-electron chi connectivity index (χ4n) is 5.09. The van der Waals surface area contributed by atoms with Gasteiger partial charge in [-0.05, 0) is 76.4 Å². The number of rotatable bonds is 8. The zero-order valence-corrected chi connectivity index (χ0v) is 22.4. The van der Waals surface area contributed by atoms with Gasteiger partial charge in [-0.15, -0.1) is 0 Å². The number of aromatic nitrogens is 2. The smallest absolute Gasteiger partial charge is 0.257 e. The first-order valence-electron chi connectivity index (χ1n) is 13.0. The van der Waals surface area contributed by atoms with Crippen LogP contribution in [0.3, 0.4) is 0 Å². The predicted molar refractivity (Wildman–Crippen MR) is 147 cm³/mol. The average molecular weight is 521 g/mol. The summed E-state index contributed by atoms with van der Waals surface area (Å²) >= 11 is 0. The van der Waals surface area contributed by atoms with Crippen molar-refractivity contribution in [3.05, 3.63) is 92.7 Å². The molecule has 8 heteroatoms. The summed E-state index contributed by atoms with van der Waals surface area (Å²) < 4.78 is 31.0. The van der Waals surface area contributed by atoms with Crippen molar-refractivity contribution in [2.45, 2.75) is 46.0 Å². The number of aryl methyl sites for hydroxylation is 1. The molecular formula is C30H34F2N4O2. The maximum Gasteiger partial charge on any atom is 0.257 e. The van der Waals surface area contributed by atoms with Crippen LogP contribution in [0.5, 0.6) is 0 Å². The first kappa shape index (κ1) is 27.4. The summed E-state index contributed by atoms with van der Waals surface area (Å²) in [6, 6.07) is 7.56. The minimum Gasteiger partial charge on any atom is -0.388 e. The molecule has 6 nitrogen and oxygen atoms in total. The number of nitrogens with zero attached hydrogens (tertiary/aromatic N) is 3. The van der Waals surface area contributed by atoms with Crippen LogP contribution in [0, 0.1) is 18.6 Å². The monoisotopic (exact) mass is 520 g/mol. The Balaban J connectivity index is 1.52. The minimum atomic E-state index is -0.639. The Hall–Kier alpha value is -3.65. The molecule has 38 heavy (non-hydrogen) atoms. The van der Waals surface area contributed by atoms with Crippen molar-refractivity contribution in [3.63, 3.8) is 0 Å². The Kier molecular flexibility index (Phi) is 8.52. The Morgan fingerprint density at radius 3 is 2.42 bits per heavy atom. The second-order valence-electron chi connectivity index (χ2n) is 9.82. The molecule has 0 bridgehead atoms. The Morgan fingerprint density at radius 2 is 1.84 bits per heavy atom. The van der Waals surface area contributed by atoms with Crippen molar-refractivity contribution in [2.24, 2.45) is 0 Å². The summed E-state index contributed by atoms with van der Waals surface area (Å²) in [6.07, 6.45) is 7.66. The lowest BCUT2D eigenvalue weighted by molar-refractivity contribution is 0.101. The molecule has 0 amide bonds. The Bertz CT molecular complexity index is 1400. The number of benzene rings is 1. The van der Waals surface area contributed by atoms with E-state index in [-0.39, 0.29) is 28.4 Å². The predicted octanol–water partition coefficient (Wildman–Crippen LogP) is 5.74. The van der Waals surface area contributed by atoms with Crippen molar-refractivity contribution >= 4 is 17.5 Å².